The van der Waals surface area contributed by atoms with Gasteiger partial charge in [0.15, 0.2) is 23.0 Å². The van der Waals surface area contributed by atoms with Crippen LogP contribution in [0.2, 0.25) is 0 Å². The molecule has 1 N–H and O–H groups in total. The lowest BCUT2D eigenvalue weighted by Crippen LogP contribution is -2.28. The first-order valence-electron chi connectivity index (χ1n) is 12.0. The highest BCUT2D eigenvalue weighted by Gasteiger charge is 2.14. The van der Waals surface area contributed by atoms with Gasteiger partial charge in [0.25, 0.3) is 5.91 Å². The molecule has 0 radical (unpaired) electrons. The van der Waals surface area contributed by atoms with Crippen molar-refractivity contribution in [1.29, 1.82) is 0 Å². The van der Waals surface area contributed by atoms with E-state index in [1.807, 2.05) is 0 Å². The summed E-state index contributed by atoms with van der Waals surface area (Å²) in [7, 11) is 4.55. The summed E-state index contributed by atoms with van der Waals surface area (Å²) < 4.78 is 26.8. The van der Waals surface area contributed by atoms with Crippen molar-refractivity contribution in [3.05, 3.63) is 47.5 Å². The van der Waals surface area contributed by atoms with Crippen LogP contribution in [0, 0.1) is 0 Å². The third-order valence-electron chi connectivity index (χ3n) is 5.42. The molecule has 0 aliphatic rings. The maximum Gasteiger partial charge on any atom is 0.338 e. The second-order valence-corrected chi connectivity index (χ2v) is 7.94. The Kier molecular flexibility index (Phi) is 12.3. The molecule has 0 saturated heterocycles. The van der Waals surface area contributed by atoms with Crippen molar-refractivity contribution >= 4 is 11.9 Å². The summed E-state index contributed by atoms with van der Waals surface area (Å²) in [5.74, 6) is 1.25. The number of amides is 1. The number of nitrogens with one attached hydrogen (secondary N) is 1. The van der Waals surface area contributed by atoms with E-state index in [1.54, 1.807) is 43.5 Å². The molecule has 192 valence electrons. The Morgan fingerprint density at radius 3 is 2.03 bits per heavy atom. The molecule has 2 aromatic carbocycles. The summed E-state index contributed by atoms with van der Waals surface area (Å²) in [6.07, 6.45) is 7.11. The molecule has 35 heavy (non-hydrogen) atoms. The summed E-state index contributed by atoms with van der Waals surface area (Å²) in [6, 6.07) is 9.83. The Hall–Kier alpha value is -3.42. The Morgan fingerprint density at radius 2 is 1.31 bits per heavy atom. The van der Waals surface area contributed by atoms with E-state index in [2.05, 4.69) is 12.2 Å². The maximum absolute atomic E-state index is 12.5. The molecule has 0 spiro atoms. The standard InChI is InChI=1S/C27H37NO7/c1-5-6-7-8-9-10-16-34-23-14-11-20(18-25(23)33-4)26(29)28-15-17-35-27(30)21-12-13-22(31-2)24(19-21)32-3/h11-14,18-19H,5-10,15-17H2,1-4H3,(H,28,29). The van der Waals surface area contributed by atoms with Gasteiger partial charge in [-0.3, -0.25) is 4.79 Å². The average Bonchev–Trinajstić information content (AvgIpc) is 2.89. The van der Waals surface area contributed by atoms with Crippen LogP contribution in [0.15, 0.2) is 36.4 Å². The van der Waals surface area contributed by atoms with E-state index in [9.17, 15) is 9.59 Å². The van der Waals surface area contributed by atoms with E-state index in [4.69, 9.17) is 23.7 Å². The van der Waals surface area contributed by atoms with E-state index in [1.165, 1.54) is 39.9 Å². The summed E-state index contributed by atoms with van der Waals surface area (Å²) in [5.41, 5.74) is 0.759. The Balaban J connectivity index is 1.78. The number of methoxy groups -OCH3 is 3. The molecule has 0 atom stereocenters. The molecule has 2 rings (SSSR count). The molecule has 2 aromatic rings. The number of esters is 1. The van der Waals surface area contributed by atoms with Gasteiger partial charge in [0.05, 0.1) is 40.0 Å². The van der Waals surface area contributed by atoms with Crippen LogP contribution in [0.3, 0.4) is 0 Å². The summed E-state index contributed by atoms with van der Waals surface area (Å²) in [6.45, 7) is 3.00. The first-order chi connectivity index (χ1) is 17.0. The zero-order valence-electron chi connectivity index (χ0n) is 21.2. The number of benzene rings is 2. The zero-order chi connectivity index (χ0) is 25.5. The van der Waals surface area contributed by atoms with E-state index >= 15 is 0 Å². The van der Waals surface area contributed by atoms with Crippen molar-refractivity contribution in [2.45, 2.75) is 45.4 Å². The zero-order valence-corrected chi connectivity index (χ0v) is 21.2. The Bertz CT molecular complexity index is 945. The van der Waals surface area contributed by atoms with E-state index < -0.39 is 5.97 Å². The van der Waals surface area contributed by atoms with Gasteiger partial charge >= 0.3 is 5.97 Å². The lowest BCUT2D eigenvalue weighted by atomic mass is 10.1. The normalized spacial score (nSPS) is 10.4. The molecule has 0 fully saturated rings. The topological polar surface area (TPSA) is 92.3 Å². The molecule has 8 nitrogen and oxygen atoms in total. The minimum absolute atomic E-state index is 0.0233. The van der Waals surface area contributed by atoms with Crippen LogP contribution < -0.4 is 24.3 Å². The second-order valence-electron chi connectivity index (χ2n) is 7.94. The number of ether oxygens (including phenoxy) is 5. The predicted molar refractivity (Wildman–Crippen MR) is 134 cm³/mol. The molecule has 0 aliphatic heterocycles. The molecule has 0 aliphatic carbocycles. The van der Waals surface area contributed by atoms with E-state index in [0.717, 1.165) is 12.8 Å². The van der Waals surface area contributed by atoms with Gasteiger partial charge in [-0.05, 0) is 42.8 Å². The largest absolute Gasteiger partial charge is 0.493 e. The smallest absolute Gasteiger partial charge is 0.338 e. The predicted octanol–water partition coefficient (Wildman–Crippen LogP) is 5.04. The summed E-state index contributed by atoms with van der Waals surface area (Å²) >= 11 is 0. The van der Waals surface area contributed by atoms with E-state index in [-0.39, 0.29) is 19.1 Å². The number of rotatable bonds is 16. The van der Waals surface area contributed by atoms with Gasteiger partial charge in [0.1, 0.15) is 6.61 Å². The SMILES string of the molecule is CCCCCCCCOc1ccc(C(=O)NCCOC(=O)c2ccc(OC)c(OC)c2)cc1OC. The van der Waals surface area contributed by atoms with Gasteiger partial charge in [-0.1, -0.05) is 39.0 Å². The number of carbonyl (C=O) groups is 2. The summed E-state index contributed by atoms with van der Waals surface area (Å²) in [4.78, 5) is 24.8. The van der Waals surface area contributed by atoms with Crippen LogP contribution in [0.1, 0.15) is 66.2 Å². The van der Waals surface area contributed by atoms with Crippen molar-refractivity contribution in [2.24, 2.45) is 0 Å². The van der Waals surface area contributed by atoms with Crippen LogP contribution in [-0.4, -0.2) is 53.0 Å². The van der Waals surface area contributed by atoms with Crippen molar-refractivity contribution in [2.75, 3.05) is 41.1 Å². The molecular formula is C27H37NO7. The van der Waals surface area contributed by atoms with Crippen molar-refractivity contribution in [1.82, 2.24) is 5.32 Å². The van der Waals surface area contributed by atoms with Gasteiger partial charge in [0, 0.05) is 5.56 Å². The Morgan fingerprint density at radius 1 is 0.714 bits per heavy atom. The number of unbranched alkanes of at least 4 members (excludes halogenated alkanes) is 5. The highest BCUT2D eigenvalue weighted by Crippen LogP contribution is 2.29. The monoisotopic (exact) mass is 487 g/mol. The number of carbonyl (C=O) groups excluding carboxylic acids is 2. The van der Waals surface area contributed by atoms with Gasteiger partial charge < -0.3 is 29.0 Å². The van der Waals surface area contributed by atoms with Gasteiger partial charge in [-0.2, -0.15) is 0 Å². The van der Waals surface area contributed by atoms with Crippen molar-refractivity contribution < 1.29 is 33.3 Å². The number of hydrogen-bond acceptors (Lipinski definition) is 7. The molecular weight excluding hydrogens is 450 g/mol. The highest BCUT2D eigenvalue weighted by molar-refractivity contribution is 5.95. The highest BCUT2D eigenvalue weighted by atomic mass is 16.5. The fourth-order valence-electron chi connectivity index (χ4n) is 3.45. The maximum atomic E-state index is 12.5. The lowest BCUT2D eigenvalue weighted by molar-refractivity contribution is 0.0502. The minimum atomic E-state index is -0.520. The molecule has 1 amide bonds. The van der Waals surface area contributed by atoms with Crippen LogP contribution in [0.4, 0.5) is 0 Å². The second kappa shape index (κ2) is 15.5. The Labute approximate surface area is 207 Å². The van der Waals surface area contributed by atoms with E-state index in [0.29, 0.717) is 40.7 Å². The van der Waals surface area contributed by atoms with Crippen molar-refractivity contribution in [3.63, 3.8) is 0 Å². The van der Waals surface area contributed by atoms with Crippen LogP contribution >= 0.6 is 0 Å². The van der Waals surface area contributed by atoms with Crippen LogP contribution in [0.25, 0.3) is 0 Å². The molecule has 0 saturated carbocycles. The molecule has 0 heterocycles. The van der Waals surface area contributed by atoms with Crippen LogP contribution in [0.5, 0.6) is 23.0 Å². The van der Waals surface area contributed by atoms with Gasteiger partial charge in [-0.25, -0.2) is 4.79 Å². The fourth-order valence-corrected chi connectivity index (χ4v) is 3.45. The fraction of sp³-hybridized carbons (Fsp3) is 0.481. The average molecular weight is 488 g/mol. The first-order valence-corrected chi connectivity index (χ1v) is 12.0. The lowest BCUT2D eigenvalue weighted by Gasteiger charge is -2.13. The first kappa shape index (κ1) is 27.8. The molecule has 0 aromatic heterocycles. The van der Waals surface area contributed by atoms with Crippen molar-refractivity contribution in [3.8, 4) is 23.0 Å². The molecule has 0 unspecified atom stereocenters. The molecule has 0 bridgehead atoms. The quantitative estimate of drug-likeness (QED) is 0.262. The van der Waals surface area contributed by atoms with Crippen LogP contribution in [-0.2, 0) is 4.74 Å². The third-order valence-corrected chi connectivity index (χ3v) is 5.42. The summed E-state index contributed by atoms with van der Waals surface area (Å²) in [5, 5.41) is 2.74. The number of hydrogen-bond donors (Lipinski definition) is 1. The third kappa shape index (κ3) is 9.03. The van der Waals surface area contributed by atoms with Gasteiger partial charge in [0.2, 0.25) is 0 Å². The molecule has 8 heteroatoms. The van der Waals surface area contributed by atoms with Gasteiger partial charge in [-0.15, -0.1) is 0 Å². The minimum Gasteiger partial charge on any atom is -0.493 e.